The van der Waals surface area contributed by atoms with E-state index < -0.39 is 16.1 Å². The third kappa shape index (κ3) is 5.11. The normalized spacial score (nSPS) is 14.0. The van der Waals surface area contributed by atoms with Gasteiger partial charge >= 0.3 is 0 Å². The van der Waals surface area contributed by atoms with E-state index >= 15 is 0 Å². The number of aliphatic hydroxyl groups is 1. The Morgan fingerprint density at radius 2 is 1.84 bits per heavy atom. The van der Waals surface area contributed by atoms with Gasteiger partial charge in [-0.25, -0.2) is 18.1 Å². The summed E-state index contributed by atoms with van der Waals surface area (Å²) in [4.78, 5) is 8.70. The fourth-order valence-electron chi connectivity index (χ4n) is 1.83. The van der Waals surface area contributed by atoms with Crippen LogP contribution >= 0.6 is 15.9 Å². The minimum atomic E-state index is -3.47. The number of hydrogen-bond donors (Lipinski definition) is 4. The molecule has 0 aliphatic rings. The molecule has 2 rings (SSSR count). The van der Waals surface area contributed by atoms with E-state index in [0.29, 0.717) is 21.9 Å². The topological polar surface area (TPSA) is 116 Å². The number of rotatable bonds is 7. The van der Waals surface area contributed by atoms with E-state index in [2.05, 4.69) is 41.3 Å². The van der Waals surface area contributed by atoms with E-state index in [4.69, 9.17) is 0 Å². The Morgan fingerprint density at radius 3 is 2.40 bits per heavy atom. The number of aromatic nitrogens is 2. The Hall–Kier alpha value is -1.75. The minimum Gasteiger partial charge on any atom is -0.391 e. The molecule has 8 nitrogen and oxygen atoms in total. The zero-order valence-electron chi connectivity index (χ0n) is 14.0. The Balaban J connectivity index is 2.18. The van der Waals surface area contributed by atoms with Crippen molar-refractivity contribution in [3.05, 3.63) is 34.9 Å². The third-order valence-electron chi connectivity index (χ3n) is 3.52. The Kier molecular flexibility index (Phi) is 6.33. The Labute approximate surface area is 155 Å². The summed E-state index contributed by atoms with van der Waals surface area (Å²) in [6.07, 6.45) is 1.05. The van der Waals surface area contributed by atoms with E-state index in [1.54, 1.807) is 25.3 Å². The van der Waals surface area contributed by atoms with E-state index in [0.717, 1.165) is 0 Å². The number of benzene rings is 1. The molecule has 1 heterocycles. The summed E-state index contributed by atoms with van der Waals surface area (Å²) in [5, 5.41) is 15.7. The van der Waals surface area contributed by atoms with Gasteiger partial charge in [0, 0.05) is 11.9 Å². The highest BCUT2D eigenvalue weighted by atomic mass is 79.9. The predicted octanol–water partition coefficient (Wildman–Crippen LogP) is 2.07. The molecule has 10 heteroatoms. The lowest BCUT2D eigenvalue weighted by Gasteiger charge is -2.18. The molecule has 0 saturated heterocycles. The molecule has 0 fully saturated rings. The maximum atomic E-state index is 11.7. The zero-order chi connectivity index (χ0) is 18.6. The summed E-state index contributed by atoms with van der Waals surface area (Å²) >= 11 is 3.36. The summed E-state index contributed by atoms with van der Waals surface area (Å²) in [5.74, 6) is 0.882. The average Bonchev–Trinajstić information content (AvgIpc) is 2.58. The number of aliphatic hydroxyl groups excluding tert-OH is 1. The van der Waals surface area contributed by atoms with Crippen LogP contribution < -0.4 is 15.4 Å². The maximum absolute atomic E-state index is 11.7. The zero-order valence-corrected chi connectivity index (χ0v) is 16.4. The summed E-state index contributed by atoms with van der Waals surface area (Å²) in [7, 11) is -2.11. The van der Waals surface area contributed by atoms with Crippen molar-refractivity contribution in [3.63, 3.8) is 0 Å². The SMILES string of the molecule is CNS(=O)(=O)c1ccc(Nc2ncc(Br)c(N[C@H](C)[C@@H](C)O)n2)cc1. The smallest absolute Gasteiger partial charge is 0.240 e. The molecule has 0 saturated carbocycles. The number of nitrogens with zero attached hydrogens (tertiary/aromatic N) is 2. The van der Waals surface area contributed by atoms with Gasteiger partial charge in [0.15, 0.2) is 0 Å². The first-order valence-corrected chi connectivity index (χ1v) is 9.78. The van der Waals surface area contributed by atoms with Gasteiger partial charge in [-0.2, -0.15) is 4.98 Å². The van der Waals surface area contributed by atoms with Crippen LogP contribution in [0.3, 0.4) is 0 Å². The summed E-state index contributed by atoms with van der Waals surface area (Å²) in [6.45, 7) is 3.53. The summed E-state index contributed by atoms with van der Waals surface area (Å²) in [5.41, 5.74) is 0.645. The van der Waals surface area contributed by atoms with Crippen LogP contribution in [0.4, 0.5) is 17.5 Å². The summed E-state index contributed by atoms with van der Waals surface area (Å²) < 4.78 is 26.4. The highest BCUT2D eigenvalue weighted by molar-refractivity contribution is 9.10. The molecule has 0 aliphatic heterocycles. The lowest BCUT2D eigenvalue weighted by molar-refractivity contribution is 0.177. The second kappa shape index (κ2) is 8.09. The molecule has 1 aromatic heterocycles. The largest absolute Gasteiger partial charge is 0.391 e. The van der Waals surface area contributed by atoms with Gasteiger partial charge < -0.3 is 15.7 Å². The van der Waals surface area contributed by atoms with Crippen LogP contribution in [0.25, 0.3) is 0 Å². The molecule has 1 aromatic carbocycles. The lowest BCUT2D eigenvalue weighted by Crippen LogP contribution is -2.28. The molecule has 0 amide bonds. The first-order chi connectivity index (χ1) is 11.7. The first kappa shape index (κ1) is 19.6. The second-order valence-electron chi connectivity index (χ2n) is 5.42. The molecule has 2 aromatic rings. The number of hydrogen-bond acceptors (Lipinski definition) is 7. The standard InChI is InChI=1S/C15H20BrN5O3S/c1-9(10(2)22)19-14-13(16)8-18-15(21-14)20-11-4-6-12(7-5-11)25(23,24)17-3/h4-10,17,22H,1-3H3,(H2,18,19,20,21)/t9-,10-/m1/s1. The number of sulfonamides is 1. The highest BCUT2D eigenvalue weighted by Crippen LogP contribution is 2.23. The van der Waals surface area contributed by atoms with Gasteiger partial charge in [0.2, 0.25) is 16.0 Å². The number of anilines is 3. The van der Waals surface area contributed by atoms with Gasteiger partial charge in [-0.1, -0.05) is 0 Å². The van der Waals surface area contributed by atoms with Crippen molar-refractivity contribution in [3.8, 4) is 0 Å². The van der Waals surface area contributed by atoms with Gasteiger partial charge in [0.1, 0.15) is 5.82 Å². The quantitative estimate of drug-likeness (QED) is 0.532. The van der Waals surface area contributed by atoms with Gasteiger partial charge in [-0.05, 0) is 61.1 Å². The molecule has 4 N–H and O–H groups in total. The summed E-state index contributed by atoms with van der Waals surface area (Å²) in [6, 6.07) is 6.04. The van der Waals surface area contributed by atoms with Crippen molar-refractivity contribution in [2.75, 3.05) is 17.7 Å². The molecule has 136 valence electrons. The molecule has 0 radical (unpaired) electrons. The fourth-order valence-corrected chi connectivity index (χ4v) is 2.86. The van der Waals surface area contributed by atoms with Gasteiger partial charge in [0.05, 0.1) is 21.5 Å². The van der Waals surface area contributed by atoms with Crippen LogP contribution in [-0.2, 0) is 10.0 Å². The van der Waals surface area contributed by atoms with Crippen molar-refractivity contribution in [1.29, 1.82) is 0 Å². The van der Waals surface area contributed by atoms with Crippen molar-refractivity contribution in [2.24, 2.45) is 0 Å². The van der Waals surface area contributed by atoms with Crippen LogP contribution in [0.15, 0.2) is 39.8 Å². The number of halogens is 1. The second-order valence-corrected chi connectivity index (χ2v) is 8.16. The minimum absolute atomic E-state index is 0.172. The molecule has 2 atom stereocenters. The van der Waals surface area contributed by atoms with E-state index in [-0.39, 0.29) is 10.9 Å². The van der Waals surface area contributed by atoms with Crippen molar-refractivity contribution in [1.82, 2.24) is 14.7 Å². The van der Waals surface area contributed by atoms with E-state index in [1.165, 1.54) is 19.2 Å². The lowest BCUT2D eigenvalue weighted by atomic mass is 10.2. The fraction of sp³-hybridized carbons (Fsp3) is 0.333. The predicted molar refractivity (Wildman–Crippen MR) is 100 cm³/mol. The maximum Gasteiger partial charge on any atom is 0.240 e. The van der Waals surface area contributed by atoms with Gasteiger partial charge in [-0.3, -0.25) is 0 Å². The number of nitrogens with one attached hydrogen (secondary N) is 3. The van der Waals surface area contributed by atoms with Gasteiger partial charge in [0.25, 0.3) is 0 Å². The molecule has 0 spiro atoms. The molecule has 25 heavy (non-hydrogen) atoms. The van der Waals surface area contributed by atoms with Crippen LogP contribution in [-0.4, -0.2) is 42.7 Å². The molecule has 0 bridgehead atoms. The van der Waals surface area contributed by atoms with Crippen molar-refractivity contribution < 1.29 is 13.5 Å². The molecule has 0 unspecified atom stereocenters. The van der Waals surface area contributed by atoms with E-state index in [1.807, 2.05) is 6.92 Å². The van der Waals surface area contributed by atoms with E-state index in [9.17, 15) is 13.5 Å². The van der Waals surface area contributed by atoms with Crippen LogP contribution in [0.1, 0.15) is 13.8 Å². The Morgan fingerprint density at radius 1 is 1.20 bits per heavy atom. The monoisotopic (exact) mass is 429 g/mol. The Bertz CT molecular complexity index is 828. The molecular formula is C15H20BrN5O3S. The van der Waals surface area contributed by atoms with Crippen LogP contribution in [0.5, 0.6) is 0 Å². The molecular weight excluding hydrogens is 410 g/mol. The average molecular weight is 430 g/mol. The van der Waals surface area contributed by atoms with Crippen molar-refractivity contribution >= 4 is 43.4 Å². The van der Waals surface area contributed by atoms with Crippen LogP contribution in [0.2, 0.25) is 0 Å². The first-order valence-electron chi connectivity index (χ1n) is 7.50. The molecule has 0 aliphatic carbocycles. The van der Waals surface area contributed by atoms with Gasteiger partial charge in [-0.15, -0.1) is 0 Å². The third-order valence-corrected chi connectivity index (χ3v) is 5.53. The van der Waals surface area contributed by atoms with Crippen molar-refractivity contribution in [2.45, 2.75) is 30.9 Å². The highest BCUT2D eigenvalue weighted by Gasteiger charge is 2.13. The van der Waals surface area contributed by atoms with Crippen LogP contribution in [0, 0.1) is 0 Å².